The lowest BCUT2D eigenvalue weighted by Crippen LogP contribution is -2.48. The Bertz CT molecular complexity index is 714. The highest BCUT2D eigenvalue weighted by molar-refractivity contribution is 5.82. The number of carboxylic acids is 1. The summed E-state index contributed by atoms with van der Waals surface area (Å²) >= 11 is 0. The molecule has 0 spiro atoms. The predicted octanol–water partition coefficient (Wildman–Crippen LogP) is 4.05. The third-order valence-corrected chi connectivity index (χ3v) is 5.53. The molecule has 158 valence electrons. The average Bonchev–Trinajstić information content (AvgIpc) is 2.75. The molecule has 0 radical (unpaired) electrons. The molecular formula is C23H31NO5. The van der Waals surface area contributed by atoms with Crippen molar-refractivity contribution in [2.24, 2.45) is 5.92 Å². The fourth-order valence-electron chi connectivity index (χ4n) is 3.84. The summed E-state index contributed by atoms with van der Waals surface area (Å²) in [7, 11) is 0. The Kier molecular flexibility index (Phi) is 9.01. The van der Waals surface area contributed by atoms with Crippen molar-refractivity contribution >= 4 is 12.1 Å². The van der Waals surface area contributed by atoms with Gasteiger partial charge in [-0.15, -0.1) is 0 Å². The van der Waals surface area contributed by atoms with Crippen LogP contribution in [0.3, 0.4) is 0 Å². The molecule has 0 amide bonds. The molecule has 1 fully saturated rings. The Morgan fingerprint density at radius 1 is 1.10 bits per heavy atom. The van der Waals surface area contributed by atoms with Crippen molar-refractivity contribution < 1.29 is 24.2 Å². The van der Waals surface area contributed by atoms with Crippen LogP contribution in [-0.2, 0) is 19.9 Å². The van der Waals surface area contributed by atoms with Gasteiger partial charge in [0.2, 0.25) is 5.60 Å². The fraction of sp³-hybridized carbons (Fsp3) is 0.565. The van der Waals surface area contributed by atoms with E-state index in [2.05, 4.69) is 30.6 Å². The normalized spacial score (nSPS) is 16.4. The molecule has 6 heteroatoms. The molecule has 1 atom stereocenters. The van der Waals surface area contributed by atoms with Gasteiger partial charge < -0.3 is 14.6 Å². The Balaban J connectivity index is 2.12. The maximum Gasteiger partial charge on any atom is 0.510 e. The molecule has 1 saturated carbocycles. The number of benzene rings is 1. The van der Waals surface area contributed by atoms with Gasteiger partial charge in [-0.1, -0.05) is 75.3 Å². The second-order valence-electron chi connectivity index (χ2n) is 7.20. The number of carbonyl (C=O) groups excluding carboxylic acids is 1. The molecule has 1 unspecified atom stereocenters. The first-order valence-electron chi connectivity index (χ1n) is 10.4. The molecule has 0 aliphatic heterocycles. The molecule has 0 bridgehead atoms. The number of hydrogen-bond acceptors (Lipinski definition) is 5. The Morgan fingerprint density at radius 2 is 1.76 bits per heavy atom. The van der Waals surface area contributed by atoms with E-state index in [1.807, 2.05) is 0 Å². The van der Waals surface area contributed by atoms with Crippen LogP contribution in [0.15, 0.2) is 30.3 Å². The van der Waals surface area contributed by atoms with Gasteiger partial charge in [-0.25, -0.2) is 9.59 Å². The monoisotopic (exact) mass is 401 g/mol. The van der Waals surface area contributed by atoms with E-state index >= 15 is 0 Å². The van der Waals surface area contributed by atoms with E-state index in [0.29, 0.717) is 24.9 Å². The number of aliphatic carboxylic acids is 1. The summed E-state index contributed by atoms with van der Waals surface area (Å²) in [5.41, 5.74) is -1.28. The topological polar surface area (TPSA) is 76.1 Å². The maximum absolute atomic E-state index is 12.4. The highest BCUT2D eigenvalue weighted by Crippen LogP contribution is 2.42. The second-order valence-corrected chi connectivity index (χ2v) is 7.20. The molecule has 0 saturated heterocycles. The molecule has 1 aliphatic rings. The molecule has 2 rings (SSSR count). The highest BCUT2D eigenvalue weighted by Gasteiger charge is 2.51. The average molecular weight is 402 g/mol. The zero-order valence-corrected chi connectivity index (χ0v) is 17.4. The lowest BCUT2D eigenvalue weighted by Gasteiger charge is -2.38. The molecule has 0 aromatic heterocycles. The fourth-order valence-corrected chi connectivity index (χ4v) is 3.84. The van der Waals surface area contributed by atoms with Gasteiger partial charge in [0.15, 0.2) is 6.61 Å². The van der Waals surface area contributed by atoms with Gasteiger partial charge in [-0.3, -0.25) is 4.90 Å². The summed E-state index contributed by atoms with van der Waals surface area (Å²) in [5.74, 6) is 4.28. The molecular weight excluding hydrogens is 370 g/mol. The van der Waals surface area contributed by atoms with Gasteiger partial charge in [0, 0.05) is 11.5 Å². The largest absolute Gasteiger partial charge is 0.510 e. The smallest absolute Gasteiger partial charge is 0.478 e. The van der Waals surface area contributed by atoms with Crippen LogP contribution in [-0.4, -0.2) is 48.4 Å². The number of ether oxygens (including phenoxy) is 2. The van der Waals surface area contributed by atoms with Gasteiger partial charge in [-0.05, 0) is 25.9 Å². The third kappa shape index (κ3) is 5.98. The molecule has 1 aromatic rings. The number of hydrogen-bond donors (Lipinski definition) is 1. The first-order valence-corrected chi connectivity index (χ1v) is 10.4. The van der Waals surface area contributed by atoms with E-state index in [1.54, 1.807) is 30.3 Å². The molecule has 29 heavy (non-hydrogen) atoms. The van der Waals surface area contributed by atoms with Crippen LogP contribution >= 0.6 is 0 Å². The standard InChI is InChI=1S/C23H31NO5/c1-3-24(4-2)17-11-12-18-28-22(27)29-23(21(25)26,19-13-7-5-8-14-19)20-15-9-6-10-16-20/h5,7-8,13-14,20H,3-4,6,9-10,15-18H2,1-2H3,(H,25,26). The Labute approximate surface area is 173 Å². The van der Waals surface area contributed by atoms with Crippen molar-refractivity contribution in [1.29, 1.82) is 0 Å². The molecule has 1 N–H and O–H groups in total. The predicted molar refractivity (Wildman–Crippen MR) is 110 cm³/mol. The molecule has 6 nitrogen and oxygen atoms in total. The Morgan fingerprint density at radius 3 is 2.34 bits per heavy atom. The summed E-state index contributed by atoms with van der Waals surface area (Å²) in [4.78, 5) is 26.9. The van der Waals surface area contributed by atoms with Gasteiger partial charge in [0.1, 0.15) is 0 Å². The van der Waals surface area contributed by atoms with E-state index in [4.69, 9.17) is 9.47 Å². The van der Waals surface area contributed by atoms with E-state index in [-0.39, 0.29) is 12.5 Å². The lowest BCUT2D eigenvalue weighted by molar-refractivity contribution is -0.172. The minimum atomic E-state index is -1.74. The number of nitrogens with zero attached hydrogens (tertiary/aromatic N) is 1. The van der Waals surface area contributed by atoms with Gasteiger partial charge in [-0.2, -0.15) is 0 Å². The minimum absolute atomic E-state index is 0.130. The second kappa shape index (κ2) is 11.5. The van der Waals surface area contributed by atoms with E-state index in [1.165, 1.54) is 0 Å². The zero-order valence-electron chi connectivity index (χ0n) is 17.4. The molecule has 1 aliphatic carbocycles. The van der Waals surface area contributed by atoms with E-state index in [9.17, 15) is 14.7 Å². The van der Waals surface area contributed by atoms with Gasteiger partial charge in [0.25, 0.3) is 0 Å². The van der Waals surface area contributed by atoms with Crippen molar-refractivity contribution in [3.05, 3.63) is 35.9 Å². The van der Waals surface area contributed by atoms with Crippen molar-refractivity contribution in [2.45, 2.75) is 51.6 Å². The minimum Gasteiger partial charge on any atom is -0.478 e. The van der Waals surface area contributed by atoms with Crippen molar-refractivity contribution in [3.8, 4) is 11.8 Å². The highest BCUT2D eigenvalue weighted by atomic mass is 16.7. The van der Waals surface area contributed by atoms with Crippen molar-refractivity contribution in [1.82, 2.24) is 4.90 Å². The van der Waals surface area contributed by atoms with Crippen LogP contribution in [0.4, 0.5) is 4.79 Å². The number of carbonyl (C=O) groups is 2. The maximum atomic E-state index is 12.4. The first-order chi connectivity index (χ1) is 14.0. The van der Waals surface area contributed by atoms with Crippen LogP contribution in [0.2, 0.25) is 0 Å². The Hall–Kier alpha value is -2.52. The lowest BCUT2D eigenvalue weighted by atomic mass is 9.73. The van der Waals surface area contributed by atoms with E-state index in [0.717, 1.165) is 32.4 Å². The third-order valence-electron chi connectivity index (χ3n) is 5.53. The first kappa shape index (κ1) is 22.8. The van der Waals surface area contributed by atoms with Crippen molar-refractivity contribution in [2.75, 3.05) is 26.2 Å². The van der Waals surface area contributed by atoms with Crippen molar-refractivity contribution in [3.63, 3.8) is 0 Å². The SMILES string of the molecule is CCN(CC)CC#CCOC(=O)OC(C(=O)O)(c1ccccc1)C1CCCCC1. The summed E-state index contributed by atoms with van der Waals surface area (Å²) in [5, 5.41) is 10.1. The summed E-state index contributed by atoms with van der Waals surface area (Å²) < 4.78 is 10.6. The van der Waals surface area contributed by atoms with Gasteiger partial charge >= 0.3 is 12.1 Å². The molecule has 0 heterocycles. The van der Waals surface area contributed by atoms with Crippen LogP contribution in [0.1, 0.15) is 51.5 Å². The number of carboxylic acid groups (broad SMARTS) is 1. The molecule has 1 aromatic carbocycles. The van der Waals surface area contributed by atoms with E-state index < -0.39 is 17.7 Å². The van der Waals surface area contributed by atoms with Crippen LogP contribution in [0.25, 0.3) is 0 Å². The van der Waals surface area contributed by atoms with Crippen LogP contribution in [0.5, 0.6) is 0 Å². The van der Waals surface area contributed by atoms with Crippen LogP contribution in [0, 0.1) is 17.8 Å². The quantitative estimate of drug-likeness (QED) is 0.523. The summed E-state index contributed by atoms with van der Waals surface area (Å²) in [6, 6.07) is 8.70. The zero-order chi connectivity index (χ0) is 21.1. The number of rotatable bonds is 8. The van der Waals surface area contributed by atoms with Gasteiger partial charge in [0.05, 0.1) is 6.54 Å². The summed E-state index contributed by atoms with van der Waals surface area (Å²) in [6.45, 7) is 6.37. The summed E-state index contributed by atoms with van der Waals surface area (Å²) in [6.07, 6.45) is 3.28. The van der Waals surface area contributed by atoms with Crippen LogP contribution < -0.4 is 0 Å².